The van der Waals surface area contributed by atoms with Crippen LogP contribution in [0.1, 0.15) is 0 Å². The monoisotopic (exact) mass is 1810 g/mol. The van der Waals surface area contributed by atoms with Crippen molar-refractivity contribution in [1.29, 1.82) is 0 Å². The summed E-state index contributed by atoms with van der Waals surface area (Å²) in [6.07, 6.45) is 0. The predicted octanol–water partition coefficient (Wildman–Crippen LogP) is 37.7. The summed E-state index contributed by atoms with van der Waals surface area (Å²) < 4.78 is 0. The summed E-state index contributed by atoms with van der Waals surface area (Å²) in [6.45, 7) is 0. The van der Waals surface area contributed by atoms with Crippen molar-refractivity contribution in [3.05, 3.63) is 564 Å². The Labute approximate surface area is 825 Å². The molecule has 0 saturated carbocycles. The van der Waals surface area contributed by atoms with E-state index < -0.39 is 0 Å². The van der Waals surface area contributed by atoms with Gasteiger partial charge in [0.1, 0.15) is 0 Å². The van der Waals surface area contributed by atoms with Gasteiger partial charge in [0.2, 0.25) is 0 Å². The highest BCUT2D eigenvalue weighted by Crippen LogP contribution is 2.47. The molecule has 141 heavy (non-hydrogen) atoms. The maximum Gasteiger partial charge on any atom is 0.0567 e. The van der Waals surface area contributed by atoms with Crippen molar-refractivity contribution in [1.82, 2.24) is 0 Å². The van der Waals surface area contributed by atoms with Crippen molar-refractivity contribution in [2.24, 2.45) is 0 Å². The molecule has 0 radical (unpaired) electrons. The molecule has 0 aliphatic heterocycles. The Balaban J connectivity index is 0.000000121. The average molecular weight is 1810 g/mol. The molecule has 0 aliphatic carbocycles. The molecule has 0 amide bonds. The van der Waals surface area contributed by atoms with E-state index in [9.17, 15) is 0 Å². The number of benzene rings is 24. The minimum Gasteiger partial charge on any atom is -0.345 e. The summed E-state index contributed by atoms with van der Waals surface area (Å²) in [5.41, 5.74) is 31.2. The van der Waals surface area contributed by atoms with Crippen molar-refractivity contribution >= 4 is 150 Å². The van der Waals surface area contributed by atoms with Crippen molar-refractivity contribution < 1.29 is 0 Å². The maximum atomic E-state index is 2.36. The van der Waals surface area contributed by atoms with Gasteiger partial charge in [-0.1, -0.05) is 382 Å². The zero-order valence-corrected chi connectivity index (χ0v) is 78.9. The van der Waals surface area contributed by atoms with E-state index in [0.29, 0.717) is 0 Å². The SMILES string of the molecule is CN(c1ccc(N(c2cccc(-c3ccccc3)c2)c2cccc(-c3ccccc3)c2)cc1)c1c2ccccc2cc2ccccc12.CN(c1ccc(N(c2cccc(-c3ccccc3)c2)c2cccc(-c3ccccc3)c2)cc1)c1cc2ccccc2c2ccccc12.CN(c1ccc(N(c2cccc(-c3ccccc3)c2)c2cccc(-c3ccccc3)c2)cc1)c1ccc2cc3ccccc3cc2c1. The minimum absolute atomic E-state index is 1.10. The maximum absolute atomic E-state index is 2.36. The Morgan fingerprint density at radius 3 is 0.674 bits per heavy atom. The van der Waals surface area contributed by atoms with Gasteiger partial charge >= 0.3 is 0 Å². The normalized spacial score (nSPS) is 11.1. The summed E-state index contributed by atoms with van der Waals surface area (Å²) in [7, 11) is 6.48. The standard InChI is InChI=1S/3C45H34N2/c1-46(45-43-24-10-8-18-37(43)30-38-19-9-11-25-44(38)45)39-26-28-40(29-27-39)47(41-22-12-20-35(31-41)33-14-4-2-5-15-33)42-23-13-21-36(32-42)34-16-6-3-7-17-34;1-46(43-23-22-39-28-35-16-8-9-17-36(35)29-40(39)32-43)41-24-26-42(27-25-41)47(44-20-10-18-37(30-44)33-12-4-2-5-13-33)45-21-11-19-38(31-45)34-14-6-3-7-15-34;1-46(45-32-37-18-8-9-23-42(37)43-24-10-11-25-44(43)45)38-26-28-39(29-27-38)47(40-21-12-19-35(30-40)33-14-4-2-5-15-33)41-22-13-20-36(31-41)34-16-6-3-7-17-34/h3*2-32H,1H3. The van der Waals surface area contributed by atoms with Crippen LogP contribution >= 0.6 is 0 Å². The van der Waals surface area contributed by atoms with Crippen molar-refractivity contribution in [2.75, 3.05) is 50.5 Å². The second-order valence-corrected chi connectivity index (χ2v) is 35.8. The van der Waals surface area contributed by atoms with Gasteiger partial charge in [-0.25, -0.2) is 0 Å². The number of hydrogen-bond donors (Lipinski definition) is 0. The third-order valence-electron chi connectivity index (χ3n) is 27.0. The molecule has 24 aromatic rings. The molecule has 0 unspecified atom stereocenters. The molecule has 0 fully saturated rings. The molecule has 6 nitrogen and oxygen atoms in total. The third-order valence-corrected chi connectivity index (χ3v) is 27.0. The van der Waals surface area contributed by atoms with Gasteiger partial charge in [0.15, 0.2) is 0 Å². The zero-order chi connectivity index (χ0) is 94.7. The van der Waals surface area contributed by atoms with E-state index in [4.69, 9.17) is 0 Å². The molecular formula is C135H102N6. The molecular weight excluding hydrogens is 1710 g/mol. The van der Waals surface area contributed by atoms with Gasteiger partial charge in [0, 0.05) is 117 Å². The van der Waals surface area contributed by atoms with Gasteiger partial charge in [-0.2, -0.15) is 0 Å². The van der Waals surface area contributed by atoms with Gasteiger partial charge in [0.25, 0.3) is 0 Å². The van der Waals surface area contributed by atoms with E-state index in [-0.39, 0.29) is 0 Å². The lowest BCUT2D eigenvalue weighted by Gasteiger charge is -2.28. The Kier molecular flexibility index (Phi) is 25.1. The second-order valence-electron chi connectivity index (χ2n) is 35.8. The van der Waals surface area contributed by atoms with E-state index in [2.05, 4.69) is 615 Å². The van der Waals surface area contributed by atoms with Crippen molar-refractivity contribution in [3.8, 4) is 66.8 Å². The number of fused-ring (bicyclic) bond motifs is 7. The third kappa shape index (κ3) is 18.9. The first-order chi connectivity index (χ1) is 69.6. The van der Waals surface area contributed by atoms with Crippen LogP contribution in [0.4, 0.5) is 85.3 Å². The Bertz CT molecular complexity index is 8200. The van der Waals surface area contributed by atoms with Crippen LogP contribution < -0.4 is 29.4 Å². The van der Waals surface area contributed by atoms with E-state index in [1.807, 2.05) is 0 Å². The highest BCUT2D eigenvalue weighted by atomic mass is 15.2. The molecule has 0 heterocycles. The molecule has 24 aromatic carbocycles. The van der Waals surface area contributed by atoms with Crippen molar-refractivity contribution in [3.63, 3.8) is 0 Å². The second kappa shape index (κ2) is 40.3. The number of rotatable bonds is 21. The topological polar surface area (TPSA) is 19.4 Å². The van der Waals surface area contributed by atoms with Gasteiger partial charge in [-0.3, -0.25) is 0 Å². The molecule has 0 aliphatic rings. The molecule has 24 rings (SSSR count). The molecule has 0 saturated heterocycles. The fraction of sp³-hybridized carbons (Fsp3) is 0.0222. The molecule has 0 atom stereocenters. The van der Waals surface area contributed by atoms with Gasteiger partial charge in [-0.15, -0.1) is 0 Å². The quantitative estimate of drug-likeness (QED) is 0.0524. The van der Waals surface area contributed by atoms with Crippen LogP contribution in [0.2, 0.25) is 0 Å². The lowest BCUT2D eigenvalue weighted by molar-refractivity contribution is 1.21. The minimum atomic E-state index is 1.10. The molecule has 0 N–H and O–H groups in total. The summed E-state index contributed by atoms with van der Waals surface area (Å²) in [4.78, 5) is 13.9. The number of hydrogen-bond acceptors (Lipinski definition) is 6. The molecule has 0 bridgehead atoms. The first-order valence-electron chi connectivity index (χ1n) is 48.2. The Hall–Kier alpha value is -18.4. The molecule has 6 heteroatoms. The van der Waals surface area contributed by atoms with Gasteiger partial charge < -0.3 is 29.4 Å². The average Bonchev–Trinajstić information content (AvgIpc) is 0.760. The zero-order valence-electron chi connectivity index (χ0n) is 78.9. The summed E-state index contributed by atoms with van der Waals surface area (Å²) in [5, 5.41) is 15.0. The largest absolute Gasteiger partial charge is 0.345 e. The van der Waals surface area contributed by atoms with Gasteiger partial charge in [-0.05, 0) is 297 Å². The Morgan fingerprint density at radius 1 is 0.113 bits per heavy atom. The highest BCUT2D eigenvalue weighted by Gasteiger charge is 2.23. The van der Waals surface area contributed by atoms with Crippen LogP contribution in [0.5, 0.6) is 0 Å². The van der Waals surface area contributed by atoms with Crippen LogP contribution in [-0.2, 0) is 0 Å². The van der Waals surface area contributed by atoms with Crippen LogP contribution in [0.25, 0.3) is 131 Å². The number of nitrogens with zero attached hydrogens (tertiary/aromatic N) is 6. The molecule has 672 valence electrons. The lowest BCUT2D eigenvalue weighted by atomic mass is 9.99. The predicted molar refractivity (Wildman–Crippen MR) is 605 cm³/mol. The van der Waals surface area contributed by atoms with E-state index in [1.54, 1.807) is 0 Å². The lowest BCUT2D eigenvalue weighted by Crippen LogP contribution is -2.12. The van der Waals surface area contributed by atoms with Crippen LogP contribution in [0, 0.1) is 0 Å². The van der Waals surface area contributed by atoms with Crippen molar-refractivity contribution in [2.45, 2.75) is 0 Å². The van der Waals surface area contributed by atoms with E-state index >= 15 is 0 Å². The fourth-order valence-corrected chi connectivity index (χ4v) is 19.8. The summed E-state index contributed by atoms with van der Waals surface area (Å²) in [5.74, 6) is 0. The van der Waals surface area contributed by atoms with E-state index in [1.165, 1.54) is 143 Å². The van der Waals surface area contributed by atoms with Crippen LogP contribution in [0.15, 0.2) is 564 Å². The van der Waals surface area contributed by atoms with Gasteiger partial charge in [0.05, 0.1) is 5.69 Å². The smallest absolute Gasteiger partial charge is 0.0567 e. The Morgan fingerprint density at radius 2 is 0.340 bits per heavy atom. The number of anilines is 15. The first-order valence-corrected chi connectivity index (χ1v) is 48.2. The van der Waals surface area contributed by atoms with E-state index in [0.717, 1.165) is 73.9 Å². The summed E-state index contributed by atoms with van der Waals surface area (Å²) >= 11 is 0. The molecule has 0 spiro atoms. The van der Waals surface area contributed by atoms with Crippen LogP contribution in [-0.4, -0.2) is 21.1 Å². The highest BCUT2D eigenvalue weighted by molar-refractivity contribution is 6.15. The van der Waals surface area contributed by atoms with Crippen LogP contribution in [0.3, 0.4) is 0 Å². The summed E-state index contributed by atoms with van der Waals surface area (Å²) in [6, 6.07) is 202. The fourth-order valence-electron chi connectivity index (χ4n) is 19.8. The first kappa shape index (κ1) is 87.9. The molecule has 0 aromatic heterocycles.